The first-order valence-electron chi connectivity index (χ1n) is 5.68. The van der Waals surface area contributed by atoms with E-state index >= 15 is 0 Å². The van der Waals surface area contributed by atoms with Crippen molar-refractivity contribution in [1.82, 2.24) is 0 Å². The molecule has 0 radical (unpaired) electrons. The van der Waals surface area contributed by atoms with Crippen LogP contribution in [-0.4, -0.2) is 7.11 Å². The van der Waals surface area contributed by atoms with Gasteiger partial charge in [0.15, 0.2) is 11.6 Å². The first-order chi connectivity index (χ1) is 9.02. The van der Waals surface area contributed by atoms with Crippen molar-refractivity contribution in [3.8, 4) is 5.75 Å². The zero-order valence-corrected chi connectivity index (χ0v) is 11.4. The highest BCUT2D eigenvalue weighted by molar-refractivity contribution is 6.33. The molecule has 0 aliphatic carbocycles. The molecule has 19 heavy (non-hydrogen) atoms. The van der Waals surface area contributed by atoms with Gasteiger partial charge in [0.25, 0.3) is 0 Å². The minimum Gasteiger partial charge on any atom is -0.494 e. The van der Waals surface area contributed by atoms with Crippen molar-refractivity contribution in [2.75, 3.05) is 18.2 Å². The Bertz CT molecular complexity index is 596. The quantitative estimate of drug-likeness (QED) is 0.831. The fourth-order valence-electron chi connectivity index (χ4n) is 1.76. The number of benzene rings is 2. The number of methoxy groups -OCH3 is 1. The summed E-state index contributed by atoms with van der Waals surface area (Å²) < 4.78 is 18.4. The van der Waals surface area contributed by atoms with E-state index in [1.807, 2.05) is 19.1 Å². The number of nitrogens with two attached hydrogens (primary N) is 1. The Kier molecular flexibility index (Phi) is 3.81. The van der Waals surface area contributed by atoms with E-state index in [0.717, 1.165) is 11.3 Å². The molecule has 0 fully saturated rings. The van der Waals surface area contributed by atoms with E-state index in [9.17, 15) is 4.39 Å². The SMILES string of the molecule is COc1cc(Nc2c(C)cccc2Cl)c(N)cc1F. The van der Waals surface area contributed by atoms with Gasteiger partial charge in [-0.15, -0.1) is 0 Å². The second-order valence-corrected chi connectivity index (χ2v) is 4.54. The van der Waals surface area contributed by atoms with Crippen LogP contribution < -0.4 is 15.8 Å². The molecular formula is C14H14ClFN2O. The molecule has 0 aliphatic heterocycles. The third kappa shape index (κ3) is 2.74. The molecule has 100 valence electrons. The van der Waals surface area contributed by atoms with Crippen molar-refractivity contribution in [3.05, 3.63) is 46.7 Å². The average Bonchev–Trinajstić information content (AvgIpc) is 2.36. The fourth-order valence-corrected chi connectivity index (χ4v) is 2.03. The van der Waals surface area contributed by atoms with Crippen molar-refractivity contribution in [1.29, 1.82) is 0 Å². The van der Waals surface area contributed by atoms with Gasteiger partial charge in [0, 0.05) is 12.1 Å². The highest BCUT2D eigenvalue weighted by atomic mass is 35.5. The molecule has 5 heteroatoms. The molecule has 2 rings (SSSR count). The summed E-state index contributed by atoms with van der Waals surface area (Å²) in [5.41, 5.74) is 8.34. The zero-order chi connectivity index (χ0) is 14.0. The van der Waals surface area contributed by atoms with Crippen molar-refractivity contribution < 1.29 is 9.13 Å². The van der Waals surface area contributed by atoms with Gasteiger partial charge in [-0.2, -0.15) is 0 Å². The number of ether oxygens (including phenoxy) is 1. The predicted molar refractivity (Wildman–Crippen MR) is 76.8 cm³/mol. The Morgan fingerprint density at radius 3 is 2.68 bits per heavy atom. The monoisotopic (exact) mass is 280 g/mol. The zero-order valence-electron chi connectivity index (χ0n) is 10.6. The first kappa shape index (κ1) is 13.5. The lowest BCUT2D eigenvalue weighted by Crippen LogP contribution is -2.00. The standard InChI is InChI=1S/C14H14ClFN2O/c1-8-4-3-5-9(15)14(8)18-12-7-13(19-2)10(16)6-11(12)17/h3-7,18H,17H2,1-2H3. The third-order valence-electron chi connectivity index (χ3n) is 2.81. The summed E-state index contributed by atoms with van der Waals surface area (Å²) in [6.45, 7) is 1.92. The van der Waals surface area contributed by atoms with Gasteiger partial charge >= 0.3 is 0 Å². The van der Waals surface area contributed by atoms with Gasteiger partial charge < -0.3 is 15.8 Å². The molecular weight excluding hydrogens is 267 g/mol. The van der Waals surface area contributed by atoms with Crippen LogP contribution in [0.1, 0.15) is 5.56 Å². The Morgan fingerprint density at radius 2 is 2.05 bits per heavy atom. The van der Waals surface area contributed by atoms with Crippen LogP contribution >= 0.6 is 11.6 Å². The molecule has 0 bridgehead atoms. The van der Waals surface area contributed by atoms with Crippen LogP contribution in [0, 0.1) is 12.7 Å². The number of nitrogen functional groups attached to an aromatic ring is 1. The lowest BCUT2D eigenvalue weighted by atomic mass is 10.1. The summed E-state index contributed by atoms with van der Waals surface area (Å²) >= 11 is 6.13. The molecule has 0 unspecified atom stereocenters. The van der Waals surface area contributed by atoms with Crippen LogP contribution in [-0.2, 0) is 0 Å². The van der Waals surface area contributed by atoms with E-state index in [0.29, 0.717) is 10.7 Å². The van der Waals surface area contributed by atoms with E-state index in [1.165, 1.54) is 19.2 Å². The van der Waals surface area contributed by atoms with Crippen LogP contribution in [0.3, 0.4) is 0 Å². The smallest absolute Gasteiger partial charge is 0.167 e. The largest absolute Gasteiger partial charge is 0.494 e. The molecule has 0 aliphatic rings. The first-order valence-corrected chi connectivity index (χ1v) is 6.06. The molecule has 2 aromatic rings. The van der Waals surface area contributed by atoms with Gasteiger partial charge in [0.05, 0.1) is 29.2 Å². The maximum absolute atomic E-state index is 13.5. The van der Waals surface area contributed by atoms with Crippen LogP contribution in [0.2, 0.25) is 5.02 Å². The topological polar surface area (TPSA) is 47.3 Å². The highest BCUT2D eigenvalue weighted by Gasteiger charge is 2.11. The van der Waals surface area contributed by atoms with Gasteiger partial charge in [0.2, 0.25) is 0 Å². The van der Waals surface area contributed by atoms with E-state index in [4.69, 9.17) is 22.1 Å². The van der Waals surface area contributed by atoms with E-state index in [1.54, 1.807) is 6.07 Å². The summed E-state index contributed by atoms with van der Waals surface area (Å²) in [6, 6.07) is 8.28. The molecule has 0 heterocycles. The number of aryl methyl sites for hydroxylation is 1. The summed E-state index contributed by atoms with van der Waals surface area (Å²) in [7, 11) is 1.40. The maximum atomic E-state index is 13.5. The second kappa shape index (κ2) is 5.36. The number of para-hydroxylation sites is 1. The lowest BCUT2D eigenvalue weighted by Gasteiger charge is -2.14. The van der Waals surface area contributed by atoms with E-state index in [2.05, 4.69) is 5.32 Å². The molecule has 0 spiro atoms. The molecule has 2 aromatic carbocycles. The van der Waals surface area contributed by atoms with Gasteiger partial charge in [-0.05, 0) is 18.6 Å². The Hall–Kier alpha value is -1.94. The van der Waals surface area contributed by atoms with Crippen molar-refractivity contribution in [2.24, 2.45) is 0 Å². The number of nitrogens with one attached hydrogen (secondary N) is 1. The van der Waals surface area contributed by atoms with Gasteiger partial charge in [-0.3, -0.25) is 0 Å². The molecule has 3 N–H and O–H groups in total. The molecule has 0 amide bonds. The van der Waals surface area contributed by atoms with Crippen molar-refractivity contribution in [2.45, 2.75) is 6.92 Å². The molecule has 0 aromatic heterocycles. The number of anilines is 3. The maximum Gasteiger partial charge on any atom is 0.167 e. The molecule has 0 atom stereocenters. The van der Waals surface area contributed by atoms with Crippen molar-refractivity contribution in [3.63, 3.8) is 0 Å². The number of hydrogen-bond acceptors (Lipinski definition) is 3. The normalized spacial score (nSPS) is 10.3. The number of hydrogen-bond donors (Lipinski definition) is 2. The van der Waals surface area contributed by atoms with Gasteiger partial charge in [-0.1, -0.05) is 23.7 Å². The van der Waals surface area contributed by atoms with Gasteiger partial charge in [-0.25, -0.2) is 4.39 Å². The van der Waals surface area contributed by atoms with Crippen LogP contribution in [0.15, 0.2) is 30.3 Å². The summed E-state index contributed by atoms with van der Waals surface area (Å²) in [6.07, 6.45) is 0. The van der Waals surface area contributed by atoms with Crippen LogP contribution in [0.25, 0.3) is 0 Å². The fraction of sp³-hybridized carbons (Fsp3) is 0.143. The highest BCUT2D eigenvalue weighted by Crippen LogP contribution is 2.34. The Labute approximate surface area is 116 Å². The third-order valence-corrected chi connectivity index (χ3v) is 3.12. The minimum atomic E-state index is -0.499. The Morgan fingerprint density at radius 1 is 1.32 bits per heavy atom. The summed E-state index contributed by atoms with van der Waals surface area (Å²) in [5, 5.41) is 3.68. The van der Waals surface area contributed by atoms with Crippen molar-refractivity contribution >= 4 is 28.7 Å². The van der Waals surface area contributed by atoms with Crippen LogP contribution in [0.5, 0.6) is 5.75 Å². The average molecular weight is 281 g/mol. The molecule has 0 saturated carbocycles. The summed E-state index contributed by atoms with van der Waals surface area (Å²) in [4.78, 5) is 0. The second-order valence-electron chi connectivity index (χ2n) is 4.13. The summed E-state index contributed by atoms with van der Waals surface area (Å²) in [5.74, 6) is -0.372. The van der Waals surface area contributed by atoms with Gasteiger partial charge in [0.1, 0.15) is 0 Å². The number of halogens is 2. The molecule has 0 saturated heterocycles. The molecule has 3 nitrogen and oxygen atoms in total. The van der Waals surface area contributed by atoms with E-state index in [-0.39, 0.29) is 11.4 Å². The lowest BCUT2D eigenvalue weighted by molar-refractivity contribution is 0.387. The predicted octanol–water partition coefficient (Wildman–Crippen LogP) is 4.12. The minimum absolute atomic E-state index is 0.126. The Balaban J connectivity index is 2.44. The van der Waals surface area contributed by atoms with E-state index < -0.39 is 5.82 Å². The number of rotatable bonds is 3. The van der Waals surface area contributed by atoms with Crippen LogP contribution in [0.4, 0.5) is 21.5 Å².